The topological polar surface area (TPSA) is 61.4 Å². The summed E-state index contributed by atoms with van der Waals surface area (Å²) in [6.45, 7) is 1.48. The summed E-state index contributed by atoms with van der Waals surface area (Å²) in [6.07, 6.45) is 6.63. The summed E-state index contributed by atoms with van der Waals surface area (Å²) in [5.74, 6) is -0.0290. The molecule has 1 aliphatic carbocycles. The van der Waals surface area contributed by atoms with E-state index in [4.69, 9.17) is 5.11 Å². The molecule has 0 aromatic rings. The molecular weight excluding hydrogens is 192 g/mol. The number of carbonyl (C=O) groups is 1. The highest BCUT2D eigenvalue weighted by molar-refractivity contribution is 5.73. The molecule has 1 fully saturated rings. The van der Waals surface area contributed by atoms with E-state index < -0.39 is 12.0 Å². The maximum atomic E-state index is 10.7. The minimum atomic E-state index is -0.784. The van der Waals surface area contributed by atoms with Gasteiger partial charge in [-0.05, 0) is 32.4 Å². The van der Waals surface area contributed by atoms with E-state index in [9.17, 15) is 4.79 Å². The standard InChI is InChI=1S/C11H22N2O2/c1-12-10(11(14)15)8-13-7-9-5-3-2-4-6-9/h9-10,12-13H,2-8H2,1H3,(H,14,15). The van der Waals surface area contributed by atoms with Gasteiger partial charge in [-0.2, -0.15) is 0 Å². The Hall–Kier alpha value is -0.610. The minimum absolute atomic E-state index is 0.464. The monoisotopic (exact) mass is 214 g/mol. The van der Waals surface area contributed by atoms with E-state index in [2.05, 4.69) is 10.6 Å². The van der Waals surface area contributed by atoms with Crippen molar-refractivity contribution in [2.75, 3.05) is 20.1 Å². The van der Waals surface area contributed by atoms with Crippen LogP contribution >= 0.6 is 0 Å². The Morgan fingerprint density at radius 1 is 1.40 bits per heavy atom. The summed E-state index contributed by atoms with van der Waals surface area (Å²) in [5.41, 5.74) is 0. The number of hydrogen-bond donors (Lipinski definition) is 3. The normalized spacial score (nSPS) is 20.1. The fourth-order valence-electron chi connectivity index (χ4n) is 2.14. The average molecular weight is 214 g/mol. The van der Waals surface area contributed by atoms with E-state index in [0.717, 1.165) is 12.5 Å². The second-order valence-electron chi connectivity index (χ2n) is 4.34. The Bertz CT molecular complexity index is 191. The number of carboxylic acid groups (broad SMARTS) is 1. The molecule has 0 aromatic carbocycles. The van der Waals surface area contributed by atoms with Gasteiger partial charge in [-0.3, -0.25) is 4.79 Å². The zero-order chi connectivity index (χ0) is 11.1. The SMILES string of the molecule is CNC(CNCC1CCCCC1)C(=O)O. The fraction of sp³-hybridized carbons (Fsp3) is 0.909. The van der Waals surface area contributed by atoms with Crippen molar-refractivity contribution in [3.8, 4) is 0 Å². The lowest BCUT2D eigenvalue weighted by molar-refractivity contribution is -0.139. The van der Waals surface area contributed by atoms with Crippen LogP contribution < -0.4 is 10.6 Å². The summed E-state index contributed by atoms with van der Waals surface area (Å²) in [6, 6.07) is -0.464. The molecule has 4 heteroatoms. The number of hydrogen-bond acceptors (Lipinski definition) is 3. The number of rotatable bonds is 6. The lowest BCUT2D eigenvalue weighted by Gasteiger charge is -2.22. The first-order valence-corrected chi connectivity index (χ1v) is 5.85. The lowest BCUT2D eigenvalue weighted by Crippen LogP contribution is -2.43. The third-order valence-corrected chi connectivity index (χ3v) is 3.15. The number of aliphatic carboxylic acids is 1. The molecule has 0 spiro atoms. The van der Waals surface area contributed by atoms with Gasteiger partial charge in [0.25, 0.3) is 0 Å². The Labute approximate surface area is 91.4 Å². The highest BCUT2D eigenvalue weighted by atomic mass is 16.4. The van der Waals surface area contributed by atoms with Crippen LogP contribution in [0.25, 0.3) is 0 Å². The van der Waals surface area contributed by atoms with Crippen LogP contribution in [-0.2, 0) is 4.79 Å². The van der Waals surface area contributed by atoms with Gasteiger partial charge in [-0.15, -0.1) is 0 Å². The van der Waals surface area contributed by atoms with Gasteiger partial charge in [0.1, 0.15) is 6.04 Å². The second kappa shape index (κ2) is 6.80. The Morgan fingerprint density at radius 3 is 2.60 bits per heavy atom. The molecule has 3 N–H and O–H groups in total. The first-order valence-electron chi connectivity index (χ1n) is 5.85. The van der Waals surface area contributed by atoms with Gasteiger partial charge < -0.3 is 15.7 Å². The Balaban J connectivity index is 2.11. The van der Waals surface area contributed by atoms with E-state index in [1.807, 2.05) is 0 Å². The van der Waals surface area contributed by atoms with Gasteiger partial charge in [0.2, 0.25) is 0 Å². The molecule has 1 atom stereocenters. The third-order valence-electron chi connectivity index (χ3n) is 3.15. The molecule has 1 unspecified atom stereocenters. The molecule has 0 amide bonds. The molecule has 88 valence electrons. The smallest absolute Gasteiger partial charge is 0.322 e. The van der Waals surface area contributed by atoms with Crippen LogP contribution in [0.2, 0.25) is 0 Å². The highest BCUT2D eigenvalue weighted by Crippen LogP contribution is 2.22. The maximum absolute atomic E-state index is 10.7. The van der Waals surface area contributed by atoms with Crippen LogP contribution in [-0.4, -0.2) is 37.3 Å². The van der Waals surface area contributed by atoms with E-state index in [0.29, 0.717) is 6.54 Å². The van der Waals surface area contributed by atoms with E-state index in [1.165, 1.54) is 32.1 Å². The molecule has 0 aromatic heterocycles. The van der Waals surface area contributed by atoms with Crippen molar-refractivity contribution < 1.29 is 9.90 Å². The third kappa shape index (κ3) is 4.62. The molecule has 0 bridgehead atoms. The molecule has 1 saturated carbocycles. The number of likely N-dealkylation sites (N-methyl/N-ethyl adjacent to an activating group) is 1. The molecule has 15 heavy (non-hydrogen) atoms. The van der Waals surface area contributed by atoms with Crippen LogP contribution in [0.3, 0.4) is 0 Å². The summed E-state index contributed by atoms with van der Waals surface area (Å²) in [7, 11) is 1.68. The molecule has 1 rings (SSSR count). The van der Waals surface area contributed by atoms with Gasteiger partial charge >= 0.3 is 5.97 Å². The van der Waals surface area contributed by atoms with Gasteiger partial charge in [-0.25, -0.2) is 0 Å². The molecule has 1 aliphatic rings. The van der Waals surface area contributed by atoms with Crippen molar-refractivity contribution in [2.24, 2.45) is 5.92 Å². The first-order chi connectivity index (χ1) is 7.24. The predicted molar refractivity (Wildman–Crippen MR) is 59.9 cm³/mol. The molecule has 0 heterocycles. The van der Waals surface area contributed by atoms with E-state index in [1.54, 1.807) is 7.05 Å². The molecular formula is C11H22N2O2. The highest BCUT2D eigenvalue weighted by Gasteiger charge is 2.16. The predicted octanol–water partition coefficient (Wildman–Crippen LogP) is 0.829. The van der Waals surface area contributed by atoms with Crippen molar-refractivity contribution in [3.05, 3.63) is 0 Å². The van der Waals surface area contributed by atoms with Crippen LogP contribution in [0.5, 0.6) is 0 Å². The zero-order valence-electron chi connectivity index (χ0n) is 9.46. The largest absolute Gasteiger partial charge is 0.480 e. The Kier molecular flexibility index (Phi) is 5.65. The van der Waals surface area contributed by atoms with Gasteiger partial charge in [0.15, 0.2) is 0 Å². The van der Waals surface area contributed by atoms with Crippen molar-refractivity contribution in [1.29, 1.82) is 0 Å². The fourth-order valence-corrected chi connectivity index (χ4v) is 2.14. The molecule has 0 radical (unpaired) electrons. The number of carboxylic acids is 1. The number of nitrogens with one attached hydrogen (secondary N) is 2. The van der Waals surface area contributed by atoms with Crippen LogP contribution in [0.4, 0.5) is 0 Å². The van der Waals surface area contributed by atoms with Crippen molar-refractivity contribution in [3.63, 3.8) is 0 Å². The van der Waals surface area contributed by atoms with Crippen LogP contribution in [0.15, 0.2) is 0 Å². The maximum Gasteiger partial charge on any atom is 0.322 e. The summed E-state index contributed by atoms with van der Waals surface area (Å²) >= 11 is 0. The van der Waals surface area contributed by atoms with E-state index >= 15 is 0 Å². The van der Waals surface area contributed by atoms with Gasteiger partial charge in [0.05, 0.1) is 0 Å². The Morgan fingerprint density at radius 2 is 2.07 bits per heavy atom. The minimum Gasteiger partial charge on any atom is -0.480 e. The second-order valence-corrected chi connectivity index (χ2v) is 4.34. The van der Waals surface area contributed by atoms with Crippen molar-refractivity contribution >= 4 is 5.97 Å². The molecule has 0 aliphatic heterocycles. The first kappa shape index (κ1) is 12.5. The van der Waals surface area contributed by atoms with E-state index in [-0.39, 0.29) is 0 Å². The van der Waals surface area contributed by atoms with Crippen molar-refractivity contribution in [2.45, 2.75) is 38.1 Å². The zero-order valence-corrected chi connectivity index (χ0v) is 9.46. The lowest BCUT2D eigenvalue weighted by atomic mass is 9.89. The summed E-state index contributed by atoms with van der Waals surface area (Å²) in [5, 5.41) is 14.8. The van der Waals surface area contributed by atoms with Gasteiger partial charge in [0, 0.05) is 6.54 Å². The summed E-state index contributed by atoms with van der Waals surface area (Å²) < 4.78 is 0. The average Bonchev–Trinajstić information content (AvgIpc) is 2.25. The van der Waals surface area contributed by atoms with Crippen LogP contribution in [0.1, 0.15) is 32.1 Å². The summed E-state index contributed by atoms with van der Waals surface area (Å²) in [4.78, 5) is 10.7. The van der Waals surface area contributed by atoms with Gasteiger partial charge in [-0.1, -0.05) is 19.3 Å². The quantitative estimate of drug-likeness (QED) is 0.613. The molecule has 4 nitrogen and oxygen atoms in total. The molecule has 0 saturated heterocycles. The van der Waals surface area contributed by atoms with Crippen LogP contribution in [0, 0.1) is 5.92 Å². The van der Waals surface area contributed by atoms with Crippen molar-refractivity contribution in [1.82, 2.24) is 10.6 Å².